The summed E-state index contributed by atoms with van der Waals surface area (Å²) < 4.78 is 4.49. The van der Waals surface area contributed by atoms with Crippen molar-refractivity contribution in [2.24, 2.45) is 0 Å². The van der Waals surface area contributed by atoms with Gasteiger partial charge >= 0.3 is 5.97 Å². The van der Waals surface area contributed by atoms with E-state index in [0.29, 0.717) is 41.9 Å². The summed E-state index contributed by atoms with van der Waals surface area (Å²) in [6, 6.07) is 6.58. The van der Waals surface area contributed by atoms with E-state index in [1.54, 1.807) is 12.1 Å². The number of anilines is 2. The second kappa shape index (κ2) is 9.00. The summed E-state index contributed by atoms with van der Waals surface area (Å²) in [6.45, 7) is 0.446. The van der Waals surface area contributed by atoms with Crippen molar-refractivity contribution in [3.8, 4) is 6.07 Å². The van der Waals surface area contributed by atoms with Crippen LogP contribution < -0.4 is 11.1 Å². The number of carbonyl (C=O) groups excluding carboxylic acids is 1. The van der Waals surface area contributed by atoms with Crippen molar-refractivity contribution in [2.45, 2.75) is 12.8 Å². The summed E-state index contributed by atoms with van der Waals surface area (Å²) in [4.78, 5) is 21.9. The number of rotatable bonds is 8. The first-order chi connectivity index (χ1) is 13.0. The highest BCUT2D eigenvalue weighted by Gasteiger charge is 2.14. The van der Waals surface area contributed by atoms with Crippen LogP contribution in [0.15, 0.2) is 24.3 Å². The lowest BCUT2D eigenvalue weighted by molar-refractivity contribution is -0.384. The van der Waals surface area contributed by atoms with Gasteiger partial charge in [0, 0.05) is 18.7 Å². The second-order valence-corrected chi connectivity index (χ2v) is 5.49. The highest BCUT2D eigenvalue weighted by molar-refractivity contribution is 5.87. The van der Waals surface area contributed by atoms with Crippen LogP contribution >= 0.6 is 0 Å². The summed E-state index contributed by atoms with van der Waals surface area (Å²) in [5.41, 5.74) is 7.29. The molecule has 0 radical (unpaired) electrons. The quantitative estimate of drug-likeness (QED) is 0.209. The van der Waals surface area contributed by atoms with Gasteiger partial charge in [-0.15, -0.1) is 0 Å². The monoisotopic (exact) mass is 370 g/mol. The molecule has 1 aromatic carbocycles. The molecule has 0 fully saturated rings. The zero-order valence-electron chi connectivity index (χ0n) is 14.6. The van der Waals surface area contributed by atoms with Crippen LogP contribution in [-0.4, -0.2) is 34.7 Å². The Labute approximate surface area is 154 Å². The van der Waals surface area contributed by atoms with Crippen LogP contribution in [0.4, 0.5) is 17.2 Å². The first-order valence-electron chi connectivity index (χ1n) is 7.97. The Kier molecular flexibility index (Phi) is 6.49. The molecular weight excluding hydrogens is 352 g/mol. The van der Waals surface area contributed by atoms with Gasteiger partial charge < -0.3 is 15.8 Å². The van der Waals surface area contributed by atoms with Crippen molar-refractivity contribution in [1.29, 1.82) is 5.26 Å². The van der Waals surface area contributed by atoms with Gasteiger partial charge in [0.2, 0.25) is 0 Å². The van der Waals surface area contributed by atoms with Gasteiger partial charge in [0.1, 0.15) is 17.3 Å². The summed E-state index contributed by atoms with van der Waals surface area (Å²) in [5, 5.41) is 29.8. The number of aryl methyl sites for hydroxylation is 1. The van der Waals surface area contributed by atoms with Crippen LogP contribution in [0.1, 0.15) is 23.2 Å². The zero-order valence-corrected chi connectivity index (χ0v) is 14.6. The average Bonchev–Trinajstić information content (AvgIpc) is 3.02. The molecule has 10 nitrogen and oxygen atoms in total. The molecule has 0 aliphatic heterocycles. The molecule has 0 saturated heterocycles. The van der Waals surface area contributed by atoms with Crippen molar-refractivity contribution >= 4 is 29.2 Å². The Balaban J connectivity index is 2.01. The number of esters is 1. The molecule has 0 amide bonds. The Hall–Kier alpha value is -3.87. The van der Waals surface area contributed by atoms with Gasteiger partial charge in [-0.1, -0.05) is 6.07 Å². The number of benzene rings is 1. The molecule has 0 aliphatic rings. The van der Waals surface area contributed by atoms with E-state index in [2.05, 4.69) is 20.3 Å². The fourth-order valence-corrected chi connectivity index (χ4v) is 2.37. The van der Waals surface area contributed by atoms with Gasteiger partial charge in [-0.3, -0.25) is 15.2 Å². The largest absolute Gasteiger partial charge is 0.466 e. The van der Waals surface area contributed by atoms with Crippen molar-refractivity contribution < 1.29 is 14.5 Å². The van der Waals surface area contributed by atoms with Gasteiger partial charge in [0.25, 0.3) is 5.69 Å². The van der Waals surface area contributed by atoms with Gasteiger partial charge in [0.15, 0.2) is 5.82 Å². The SMILES string of the molecule is COC(=O)/C=C/c1ccc(NCCCc2[nH]nc(N)c2C#N)c([N+](=O)[O-])c1. The normalized spacial score (nSPS) is 10.5. The molecule has 0 unspecified atom stereocenters. The van der Waals surface area contributed by atoms with E-state index in [0.717, 1.165) is 0 Å². The molecule has 0 saturated carbocycles. The Bertz CT molecular complexity index is 913. The second-order valence-electron chi connectivity index (χ2n) is 5.49. The smallest absolute Gasteiger partial charge is 0.330 e. The predicted molar refractivity (Wildman–Crippen MR) is 98.7 cm³/mol. The molecule has 4 N–H and O–H groups in total. The molecule has 2 rings (SSSR count). The number of nitrogen functional groups attached to an aromatic ring is 1. The minimum atomic E-state index is -0.545. The topological polar surface area (TPSA) is 160 Å². The number of methoxy groups -OCH3 is 1. The number of nitrogens with one attached hydrogen (secondary N) is 2. The maximum absolute atomic E-state index is 11.3. The summed E-state index contributed by atoms with van der Waals surface area (Å²) >= 11 is 0. The third-order valence-corrected chi connectivity index (χ3v) is 3.73. The molecule has 0 aliphatic carbocycles. The first-order valence-corrected chi connectivity index (χ1v) is 7.97. The molecule has 0 atom stereocenters. The van der Waals surface area contributed by atoms with Crippen LogP contribution in [0, 0.1) is 21.4 Å². The lowest BCUT2D eigenvalue weighted by atomic mass is 10.1. The highest BCUT2D eigenvalue weighted by Crippen LogP contribution is 2.26. The van der Waals surface area contributed by atoms with Gasteiger partial charge in [0.05, 0.1) is 17.7 Å². The van der Waals surface area contributed by atoms with E-state index in [4.69, 9.17) is 11.0 Å². The van der Waals surface area contributed by atoms with Crippen LogP contribution in [0.25, 0.3) is 6.08 Å². The van der Waals surface area contributed by atoms with Crippen LogP contribution in [0.2, 0.25) is 0 Å². The lowest BCUT2D eigenvalue weighted by Gasteiger charge is -2.07. The third kappa shape index (κ3) is 5.05. The minimum Gasteiger partial charge on any atom is -0.466 e. The maximum atomic E-state index is 11.3. The third-order valence-electron chi connectivity index (χ3n) is 3.73. The fourth-order valence-electron chi connectivity index (χ4n) is 2.37. The van der Waals surface area contributed by atoms with E-state index in [9.17, 15) is 14.9 Å². The molecule has 1 aromatic heterocycles. The maximum Gasteiger partial charge on any atom is 0.330 e. The summed E-state index contributed by atoms with van der Waals surface area (Å²) in [7, 11) is 1.25. The van der Waals surface area contributed by atoms with Crippen LogP contribution in [0.5, 0.6) is 0 Å². The number of nitro benzene ring substituents is 1. The van der Waals surface area contributed by atoms with Gasteiger partial charge in [-0.05, 0) is 30.5 Å². The van der Waals surface area contributed by atoms with Crippen molar-refractivity contribution in [2.75, 3.05) is 24.7 Å². The van der Waals surface area contributed by atoms with E-state index in [1.807, 2.05) is 6.07 Å². The van der Waals surface area contributed by atoms with E-state index < -0.39 is 10.9 Å². The molecule has 27 heavy (non-hydrogen) atoms. The van der Waals surface area contributed by atoms with Gasteiger partial charge in [-0.25, -0.2) is 4.79 Å². The summed E-state index contributed by atoms with van der Waals surface area (Å²) in [6.07, 6.45) is 3.76. The van der Waals surface area contributed by atoms with Crippen LogP contribution in [-0.2, 0) is 16.0 Å². The van der Waals surface area contributed by atoms with E-state index >= 15 is 0 Å². The fraction of sp³-hybridized carbons (Fsp3) is 0.235. The van der Waals surface area contributed by atoms with Crippen molar-refractivity contribution in [1.82, 2.24) is 10.2 Å². The number of carbonyl (C=O) groups is 1. The Morgan fingerprint density at radius 1 is 1.56 bits per heavy atom. The average molecular weight is 370 g/mol. The number of H-pyrrole nitrogens is 1. The first kappa shape index (κ1) is 19.5. The Morgan fingerprint density at radius 3 is 3.00 bits per heavy atom. The molecule has 2 aromatic rings. The standard InChI is InChI=1S/C17H18N6O4/c1-27-16(24)7-5-11-4-6-14(15(9-11)23(25)26)20-8-2-3-13-12(10-18)17(19)22-21-13/h4-7,9,20H,2-3,8H2,1H3,(H3,19,21,22)/b7-5+. The number of nitro groups is 1. The number of hydrogen-bond donors (Lipinski definition) is 3. The number of aromatic nitrogens is 2. The molecule has 10 heteroatoms. The highest BCUT2D eigenvalue weighted by atomic mass is 16.6. The molecule has 1 heterocycles. The minimum absolute atomic E-state index is 0.106. The van der Waals surface area contributed by atoms with Crippen molar-refractivity contribution in [3.05, 3.63) is 51.2 Å². The lowest BCUT2D eigenvalue weighted by Crippen LogP contribution is -2.06. The number of nitrogens with zero attached hydrogens (tertiary/aromatic N) is 3. The summed E-state index contributed by atoms with van der Waals surface area (Å²) in [5.74, 6) is -0.386. The molecule has 0 spiro atoms. The Morgan fingerprint density at radius 2 is 2.33 bits per heavy atom. The predicted octanol–water partition coefficient (Wildman–Crippen LogP) is 2.00. The number of hydrogen-bond acceptors (Lipinski definition) is 8. The zero-order chi connectivity index (χ0) is 19.8. The van der Waals surface area contributed by atoms with E-state index in [1.165, 1.54) is 25.3 Å². The number of aromatic amines is 1. The van der Waals surface area contributed by atoms with Crippen LogP contribution in [0.3, 0.4) is 0 Å². The molecular formula is C17H18N6O4. The van der Waals surface area contributed by atoms with Crippen molar-refractivity contribution in [3.63, 3.8) is 0 Å². The number of nitrogens with two attached hydrogens (primary N) is 1. The van der Waals surface area contributed by atoms with E-state index in [-0.39, 0.29) is 11.5 Å². The number of nitriles is 1. The van der Waals surface area contributed by atoms with Gasteiger partial charge in [-0.2, -0.15) is 10.4 Å². The number of ether oxygens (including phenoxy) is 1. The molecule has 0 bridgehead atoms. The molecule has 140 valence electrons.